The van der Waals surface area contributed by atoms with E-state index in [0.29, 0.717) is 12.8 Å². The monoisotopic (exact) mass is 757 g/mol. The van der Waals surface area contributed by atoms with Crippen molar-refractivity contribution in [3.05, 3.63) is 0 Å². The second kappa shape index (κ2) is 15.9. The largest absolute Gasteiger partial charge is 0.509 e. The van der Waals surface area contributed by atoms with Crippen LogP contribution < -0.4 is 0 Å². The van der Waals surface area contributed by atoms with Crippen LogP contribution in [0.2, 0.25) is 0 Å². The average Bonchev–Trinajstić information content (AvgIpc) is 3.41. The minimum Gasteiger partial charge on any atom is -0.456 e. The minimum atomic E-state index is -1.47. The molecule has 0 aromatic rings. The van der Waals surface area contributed by atoms with Gasteiger partial charge in [0.1, 0.15) is 36.8 Å². The van der Waals surface area contributed by atoms with Gasteiger partial charge in [0.05, 0.1) is 29.8 Å². The van der Waals surface area contributed by atoms with Crippen LogP contribution in [0.3, 0.4) is 0 Å². The predicted octanol–water partition coefficient (Wildman–Crippen LogP) is 2.99. The molecular formula is C38H63NO14. The van der Waals surface area contributed by atoms with E-state index >= 15 is 0 Å². The molecule has 5 rings (SSSR count). The summed E-state index contributed by atoms with van der Waals surface area (Å²) in [6.07, 6.45) is -8.81. The van der Waals surface area contributed by atoms with Gasteiger partial charge in [0.15, 0.2) is 29.9 Å². The van der Waals surface area contributed by atoms with Crippen molar-refractivity contribution in [2.24, 2.45) is 23.7 Å². The first-order valence-electron chi connectivity index (χ1n) is 19.2. The summed E-state index contributed by atoms with van der Waals surface area (Å²) in [5, 5.41) is 22.6. The smallest absolute Gasteiger partial charge is 0.456 e. The number of carbonyl (C=O) groups excluding carboxylic acids is 3. The lowest BCUT2D eigenvalue weighted by Gasteiger charge is -2.55. The summed E-state index contributed by atoms with van der Waals surface area (Å²) in [5.41, 5.74) is -2.54. The van der Waals surface area contributed by atoms with Gasteiger partial charge in [0, 0.05) is 31.4 Å². The quantitative estimate of drug-likeness (QED) is 0.391. The number of likely N-dealkylation sites (N-methyl/N-ethyl adjacent to an activating group) is 1. The van der Waals surface area contributed by atoms with E-state index in [2.05, 4.69) is 0 Å². The molecule has 0 bridgehead atoms. The van der Waals surface area contributed by atoms with Gasteiger partial charge in [0.2, 0.25) is 0 Å². The summed E-state index contributed by atoms with van der Waals surface area (Å²) < 4.78 is 56.0. The Balaban J connectivity index is 1.59. The maximum absolute atomic E-state index is 14.4. The van der Waals surface area contributed by atoms with Gasteiger partial charge in [-0.2, -0.15) is 0 Å². The predicted molar refractivity (Wildman–Crippen MR) is 187 cm³/mol. The fourth-order valence-corrected chi connectivity index (χ4v) is 9.49. The van der Waals surface area contributed by atoms with E-state index in [9.17, 15) is 24.6 Å². The first-order chi connectivity index (χ1) is 24.7. The van der Waals surface area contributed by atoms with Gasteiger partial charge in [-0.25, -0.2) is 9.59 Å². The maximum Gasteiger partial charge on any atom is 0.509 e. The number of ether oxygens (including phenoxy) is 9. The molecule has 0 saturated carbocycles. The van der Waals surface area contributed by atoms with Crippen LogP contribution in [0.4, 0.5) is 4.79 Å². The Bertz CT molecular complexity index is 1330. The van der Waals surface area contributed by atoms with Crippen LogP contribution in [0.5, 0.6) is 0 Å². The normalized spacial score (nSPS) is 50.1. The topological polar surface area (TPSA) is 178 Å². The number of aliphatic hydroxyl groups is 2. The lowest BCUT2D eigenvalue weighted by Crippen LogP contribution is -2.68. The van der Waals surface area contributed by atoms with Crippen LogP contribution in [-0.2, 0) is 52.2 Å². The van der Waals surface area contributed by atoms with Gasteiger partial charge >= 0.3 is 12.1 Å². The molecule has 15 heteroatoms. The molecule has 5 saturated heterocycles. The number of rotatable bonds is 5. The van der Waals surface area contributed by atoms with Crippen molar-refractivity contribution in [2.75, 3.05) is 27.8 Å². The highest BCUT2D eigenvalue weighted by Crippen LogP contribution is 2.46. The lowest BCUT2D eigenvalue weighted by atomic mass is 9.76. The molecule has 5 aliphatic heterocycles. The number of aliphatic hydroxyl groups excluding tert-OH is 2. The third-order valence-electron chi connectivity index (χ3n) is 12.6. The molecule has 15 nitrogen and oxygen atoms in total. The van der Waals surface area contributed by atoms with Crippen LogP contribution in [0.15, 0.2) is 0 Å². The molecule has 0 aromatic carbocycles. The van der Waals surface area contributed by atoms with E-state index in [4.69, 9.17) is 42.6 Å². The molecule has 53 heavy (non-hydrogen) atoms. The van der Waals surface area contributed by atoms with Crippen molar-refractivity contribution < 1.29 is 67.2 Å². The Hall–Kier alpha value is -1.95. The molecule has 304 valence electrons. The number of hydrogen-bond acceptors (Lipinski definition) is 15. The Labute approximate surface area is 313 Å². The lowest BCUT2D eigenvalue weighted by molar-refractivity contribution is -0.398. The standard InChI is InChI=1S/C38H63NO14/c1-13-25-37(9)32(50-35(44)53-37)21(5)26(40)18(2)14-19(3)28(49-34-27(41)24(39(10)11)15-20(4)47-34)22(6)29-30(33(43)48-25)46-17-38(52-29)16-36(8,45-12)31(42)23(7)51-38/h18-25,27-32,34,41-42H,13-17H2,1-12H3/t18-,19-,20-,21-,22+,23+,24+,25+,27+,28+,29-,30+,31+,32-,34+,36-,37-,38?/m1/s1. The van der Waals surface area contributed by atoms with Gasteiger partial charge in [-0.1, -0.05) is 34.6 Å². The van der Waals surface area contributed by atoms with Crippen LogP contribution in [-0.4, -0.2) is 145 Å². The third kappa shape index (κ3) is 8.02. The van der Waals surface area contributed by atoms with Gasteiger partial charge in [-0.15, -0.1) is 0 Å². The van der Waals surface area contributed by atoms with E-state index in [1.807, 2.05) is 46.7 Å². The van der Waals surface area contributed by atoms with Crippen molar-refractivity contribution >= 4 is 17.9 Å². The molecule has 0 radical (unpaired) electrons. The first kappa shape index (κ1) is 42.2. The van der Waals surface area contributed by atoms with Crippen molar-refractivity contribution in [3.8, 4) is 0 Å². The Morgan fingerprint density at radius 3 is 2.26 bits per heavy atom. The van der Waals surface area contributed by atoms with Crippen molar-refractivity contribution in [3.63, 3.8) is 0 Å². The molecule has 1 unspecified atom stereocenters. The zero-order valence-corrected chi connectivity index (χ0v) is 33.4. The minimum absolute atomic E-state index is 0.0780. The summed E-state index contributed by atoms with van der Waals surface area (Å²) in [6, 6.07) is -0.249. The molecule has 18 atom stereocenters. The molecule has 0 amide bonds. The zero-order chi connectivity index (χ0) is 39.4. The highest BCUT2D eigenvalue weighted by atomic mass is 16.8. The molecule has 5 aliphatic rings. The summed E-state index contributed by atoms with van der Waals surface area (Å²) >= 11 is 0. The second-order valence-corrected chi connectivity index (χ2v) is 16.9. The van der Waals surface area contributed by atoms with E-state index < -0.39 is 102 Å². The average molecular weight is 758 g/mol. The number of nitrogens with zero attached hydrogens (tertiary/aromatic N) is 1. The number of cyclic esters (lactones) is 1. The van der Waals surface area contributed by atoms with Crippen LogP contribution in [0.25, 0.3) is 0 Å². The van der Waals surface area contributed by atoms with Crippen LogP contribution in [0, 0.1) is 23.7 Å². The SMILES string of the molecule is CC[C@@H]1OC(=O)[C@H]2OCC3(C[C@@](C)(OC)[C@@H](O)[C@H](C)O3)O[C@@H]2[C@@H](C)[C@@H](O[C@@H]2O[C@H](C)C[C@H](N(C)C)[C@@H]2O)[C@H](C)C[C@@H](C)C(=O)[C@@H](C)[C@H]2OC(=O)O[C@]12C. The van der Waals surface area contributed by atoms with E-state index in [1.165, 1.54) is 7.11 Å². The van der Waals surface area contributed by atoms with E-state index in [-0.39, 0.29) is 43.3 Å². The van der Waals surface area contributed by atoms with Gasteiger partial charge < -0.3 is 57.7 Å². The molecule has 5 fully saturated rings. The number of Topliss-reactive ketones (excluding diaryl/α,β-unsaturated/α-hetero) is 1. The summed E-state index contributed by atoms with van der Waals surface area (Å²) in [6.45, 7) is 16.0. The van der Waals surface area contributed by atoms with E-state index in [0.717, 1.165) is 0 Å². The van der Waals surface area contributed by atoms with Gasteiger partial charge in [0.25, 0.3) is 0 Å². The summed E-state index contributed by atoms with van der Waals surface area (Å²) in [7, 11) is 5.29. The van der Waals surface area contributed by atoms with Crippen molar-refractivity contribution in [1.82, 2.24) is 4.90 Å². The number of esters is 1. The number of hydrogen-bond donors (Lipinski definition) is 2. The van der Waals surface area contributed by atoms with Crippen molar-refractivity contribution in [1.29, 1.82) is 0 Å². The summed E-state index contributed by atoms with van der Waals surface area (Å²) in [5.74, 6) is -4.67. The van der Waals surface area contributed by atoms with Gasteiger partial charge in [-0.05, 0) is 67.0 Å². The molecule has 0 aromatic heterocycles. The van der Waals surface area contributed by atoms with Crippen LogP contribution in [0.1, 0.15) is 88.0 Å². The second-order valence-electron chi connectivity index (χ2n) is 16.9. The highest BCUT2D eigenvalue weighted by molar-refractivity contribution is 5.84. The number of ketones is 1. The Morgan fingerprint density at radius 2 is 1.64 bits per heavy atom. The molecule has 5 heterocycles. The van der Waals surface area contributed by atoms with Crippen molar-refractivity contribution in [2.45, 2.75) is 172 Å². The first-order valence-corrected chi connectivity index (χ1v) is 19.2. The molecular weight excluding hydrogens is 694 g/mol. The Kier molecular flexibility index (Phi) is 12.7. The maximum atomic E-state index is 14.4. The highest BCUT2D eigenvalue weighted by Gasteiger charge is 2.61. The van der Waals surface area contributed by atoms with Crippen LogP contribution >= 0.6 is 0 Å². The molecule has 1 spiro atoms. The third-order valence-corrected chi connectivity index (χ3v) is 12.6. The number of methoxy groups -OCH3 is 1. The fraction of sp³-hybridized carbons (Fsp3) is 0.921. The summed E-state index contributed by atoms with van der Waals surface area (Å²) in [4.78, 5) is 43.1. The van der Waals surface area contributed by atoms with E-state index in [1.54, 1.807) is 34.6 Å². The number of carbonyl (C=O) groups is 3. The molecule has 2 N–H and O–H groups in total. The zero-order valence-electron chi connectivity index (χ0n) is 33.4. The van der Waals surface area contributed by atoms with Gasteiger partial charge in [-0.3, -0.25) is 4.79 Å². The molecule has 0 aliphatic carbocycles. The Morgan fingerprint density at radius 1 is 0.962 bits per heavy atom. The fourth-order valence-electron chi connectivity index (χ4n) is 9.49. The number of fused-ring (bicyclic) bond motifs is 2.